The second-order valence-corrected chi connectivity index (χ2v) is 3.46. The molecule has 0 bridgehead atoms. The molecule has 0 spiro atoms. The molecule has 94 valence electrons. The number of halogens is 3. The van der Waals surface area contributed by atoms with Gasteiger partial charge in [-0.1, -0.05) is 18.2 Å². The molecule has 3 nitrogen and oxygen atoms in total. The topological polar surface area (TPSA) is 42.1 Å². The van der Waals surface area contributed by atoms with E-state index in [0.29, 0.717) is 0 Å². The van der Waals surface area contributed by atoms with Crippen LogP contribution in [0.2, 0.25) is 0 Å². The van der Waals surface area contributed by atoms with Crippen LogP contribution in [0.25, 0.3) is 0 Å². The Morgan fingerprint density at radius 2 is 1.72 bits per heavy atom. The van der Waals surface area contributed by atoms with Crippen molar-refractivity contribution in [2.75, 3.05) is 0 Å². The summed E-state index contributed by atoms with van der Waals surface area (Å²) in [5.74, 6) is -0.286. The molecule has 2 aromatic rings. The Bertz CT molecular complexity index is 590. The molecule has 0 radical (unpaired) electrons. The van der Waals surface area contributed by atoms with Crippen LogP contribution < -0.4 is 10.3 Å². The predicted molar refractivity (Wildman–Crippen MR) is 58.6 cm³/mol. The number of H-pyrrole nitrogens is 1. The summed E-state index contributed by atoms with van der Waals surface area (Å²) in [6.07, 6.45) is -3.66. The van der Waals surface area contributed by atoms with Gasteiger partial charge in [-0.05, 0) is 18.2 Å². The van der Waals surface area contributed by atoms with E-state index >= 15 is 0 Å². The molecule has 2 rings (SSSR count). The molecule has 0 saturated carbocycles. The first kappa shape index (κ1) is 12.2. The lowest BCUT2D eigenvalue weighted by atomic mass is 10.2. The van der Waals surface area contributed by atoms with Crippen LogP contribution in [0.4, 0.5) is 13.2 Å². The van der Waals surface area contributed by atoms with Gasteiger partial charge in [0.05, 0.1) is 0 Å². The number of aromatic amines is 1. The number of hydrogen-bond donors (Lipinski definition) is 1. The smallest absolute Gasteiger partial charge is 0.425 e. The van der Waals surface area contributed by atoms with Crippen LogP contribution in [-0.2, 0) is 6.18 Å². The highest BCUT2D eigenvalue weighted by Gasteiger charge is 2.38. The molecule has 1 N–H and O–H groups in total. The maximum Gasteiger partial charge on any atom is 0.425 e. The van der Waals surface area contributed by atoms with Crippen LogP contribution in [0, 0.1) is 0 Å². The number of aromatic nitrogens is 1. The number of alkyl halides is 3. The monoisotopic (exact) mass is 255 g/mol. The third kappa shape index (κ3) is 2.53. The Labute approximate surface area is 99.8 Å². The summed E-state index contributed by atoms with van der Waals surface area (Å²) in [5.41, 5.74) is -2.57. The van der Waals surface area contributed by atoms with Crippen molar-refractivity contribution in [2.24, 2.45) is 0 Å². The van der Waals surface area contributed by atoms with E-state index in [9.17, 15) is 18.0 Å². The zero-order valence-electron chi connectivity index (χ0n) is 8.99. The number of para-hydroxylation sites is 1. The molecular weight excluding hydrogens is 247 g/mol. The number of hydrogen-bond acceptors (Lipinski definition) is 2. The van der Waals surface area contributed by atoms with Crippen LogP contribution >= 0.6 is 0 Å². The second kappa shape index (κ2) is 4.56. The first-order chi connectivity index (χ1) is 8.48. The molecule has 0 atom stereocenters. The lowest BCUT2D eigenvalue weighted by molar-refractivity contribution is -0.139. The Morgan fingerprint density at radius 1 is 1.06 bits per heavy atom. The molecule has 1 aromatic heterocycles. The van der Waals surface area contributed by atoms with E-state index in [4.69, 9.17) is 4.74 Å². The Morgan fingerprint density at radius 3 is 2.33 bits per heavy atom. The zero-order chi connectivity index (χ0) is 13.2. The Balaban J connectivity index is 2.46. The van der Waals surface area contributed by atoms with Crippen LogP contribution in [-0.4, -0.2) is 4.98 Å². The SMILES string of the molecule is O=c1[nH]ccc(Oc2ccccc2)c1C(F)(F)F. The average Bonchev–Trinajstić information content (AvgIpc) is 2.28. The standard InChI is InChI=1S/C12H8F3NO2/c13-12(14,15)10-9(6-7-16-11(10)17)18-8-4-2-1-3-5-8/h1-7H,(H,16,17). The molecule has 1 heterocycles. The molecule has 0 aliphatic heterocycles. The van der Waals surface area contributed by atoms with Crippen LogP contribution in [0.3, 0.4) is 0 Å². The minimum atomic E-state index is -4.76. The van der Waals surface area contributed by atoms with Crippen molar-refractivity contribution in [1.82, 2.24) is 4.98 Å². The summed E-state index contributed by atoms with van der Waals surface area (Å²) in [5, 5.41) is 0. The van der Waals surface area contributed by atoms with Crippen molar-refractivity contribution in [2.45, 2.75) is 6.18 Å². The van der Waals surface area contributed by atoms with E-state index < -0.39 is 23.0 Å². The molecular formula is C12H8F3NO2. The van der Waals surface area contributed by atoms with Gasteiger partial charge < -0.3 is 9.72 Å². The molecule has 0 saturated heterocycles. The van der Waals surface area contributed by atoms with Crippen molar-refractivity contribution in [1.29, 1.82) is 0 Å². The lowest BCUT2D eigenvalue weighted by Gasteiger charge is -2.12. The average molecular weight is 255 g/mol. The minimum absolute atomic E-state index is 0.230. The van der Waals surface area contributed by atoms with Crippen LogP contribution in [0.1, 0.15) is 5.56 Å². The van der Waals surface area contributed by atoms with Crippen molar-refractivity contribution in [3.8, 4) is 11.5 Å². The molecule has 0 fully saturated rings. The normalized spacial score (nSPS) is 11.3. The highest BCUT2D eigenvalue weighted by atomic mass is 19.4. The van der Waals surface area contributed by atoms with E-state index in [-0.39, 0.29) is 5.75 Å². The number of nitrogens with one attached hydrogen (secondary N) is 1. The molecule has 0 amide bonds. The van der Waals surface area contributed by atoms with Crippen molar-refractivity contribution < 1.29 is 17.9 Å². The first-order valence-corrected chi connectivity index (χ1v) is 5.00. The highest BCUT2D eigenvalue weighted by Crippen LogP contribution is 2.35. The Kier molecular flexibility index (Phi) is 3.10. The fourth-order valence-corrected chi connectivity index (χ4v) is 1.43. The highest BCUT2D eigenvalue weighted by molar-refractivity contribution is 5.37. The summed E-state index contributed by atoms with van der Waals surface area (Å²) >= 11 is 0. The van der Waals surface area contributed by atoms with Gasteiger partial charge in [0.2, 0.25) is 0 Å². The van der Waals surface area contributed by atoms with Crippen molar-refractivity contribution in [3.63, 3.8) is 0 Å². The number of benzene rings is 1. The van der Waals surface area contributed by atoms with Crippen molar-refractivity contribution >= 4 is 0 Å². The third-order valence-corrected chi connectivity index (χ3v) is 2.18. The zero-order valence-corrected chi connectivity index (χ0v) is 8.99. The molecule has 0 unspecified atom stereocenters. The second-order valence-electron chi connectivity index (χ2n) is 3.46. The van der Waals surface area contributed by atoms with Gasteiger partial charge in [-0.2, -0.15) is 13.2 Å². The largest absolute Gasteiger partial charge is 0.456 e. The number of ether oxygens (including phenoxy) is 1. The third-order valence-electron chi connectivity index (χ3n) is 2.18. The fraction of sp³-hybridized carbons (Fsp3) is 0.0833. The maximum atomic E-state index is 12.7. The first-order valence-electron chi connectivity index (χ1n) is 5.00. The lowest BCUT2D eigenvalue weighted by Crippen LogP contribution is -2.21. The van der Waals surface area contributed by atoms with Gasteiger partial charge in [0.15, 0.2) is 5.56 Å². The van der Waals surface area contributed by atoms with Crippen LogP contribution in [0.15, 0.2) is 47.4 Å². The van der Waals surface area contributed by atoms with E-state index in [0.717, 1.165) is 12.3 Å². The van der Waals surface area contributed by atoms with Gasteiger partial charge in [-0.3, -0.25) is 4.79 Å². The van der Waals surface area contributed by atoms with Crippen LogP contribution in [0.5, 0.6) is 11.5 Å². The summed E-state index contributed by atoms with van der Waals surface area (Å²) in [6.45, 7) is 0. The predicted octanol–water partition coefficient (Wildman–Crippen LogP) is 3.19. The minimum Gasteiger partial charge on any atom is -0.456 e. The maximum absolute atomic E-state index is 12.7. The number of pyridine rings is 1. The summed E-state index contributed by atoms with van der Waals surface area (Å²) in [6, 6.07) is 9.01. The van der Waals surface area contributed by atoms with Crippen molar-refractivity contribution in [3.05, 3.63) is 58.5 Å². The molecule has 0 aliphatic carbocycles. The molecule has 6 heteroatoms. The number of rotatable bonds is 2. The van der Waals surface area contributed by atoms with Gasteiger partial charge in [-0.15, -0.1) is 0 Å². The quantitative estimate of drug-likeness (QED) is 0.895. The summed E-state index contributed by atoms with van der Waals surface area (Å²) < 4.78 is 43.2. The Hall–Kier alpha value is -2.24. The van der Waals surface area contributed by atoms with E-state index in [1.807, 2.05) is 4.98 Å². The van der Waals surface area contributed by atoms with Gasteiger partial charge in [-0.25, -0.2) is 0 Å². The molecule has 18 heavy (non-hydrogen) atoms. The summed E-state index contributed by atoms with van der Waals surface area (Å²) in [7, 11) is 0. The fourth-order valence-electron chi connectivity index (χ4n) is 1.43. The van der Waals surface area contributed by atoms with Gasteiger partial charge in [0.25, 0.3) is 5.56 Å². The van der Waals surface area contributed by atoms with E-state index in [1.165, 1.54) is 12.1 Å². The van der Waals surface area contributed by atoms with Gasteiger partial charge >= 0.3 is 6.18 Å². The summed E-state index contributed by atoms with van der Waals surface area (Å²) in [4.78, 5) is 13.2. The van der Waals surface area contributed by atoms with Gasteiger partial charge in [0.1, 0.15) is 11.5 Å². The molecule has 1 aromatic carbocycles. The molecule has 0 aliphatic rings. The van der Waals surface area contributed by atoms with E-state index in [1.54, 1.807) is 18.2 Å². The van der Waals surface area contributed by atoms with E-state index in [2.05, 4.69) is 0 Å². The van der Waals surface area contributed by atoms with Gasteiger partial charge in [0, 0.05) is 6.20 Å².